The first-order chi connectivity index (χ1) is 10.9. The molecule has 0 unspecified atom stereocenters. The third-order valence-electron chi connectivity index (χ3n) is 3.04. The highest BCUT2D eigenvalue weighted by molar-refractivity contribution is 7.89. The van der Waals surface area contributed by atoms with Crippen molar-refractivity contribution in [2.75, 3.05) is 0 Å². The summed E-state index contributed by atoms with van der Waals surface area (Å²) in [5, 5.41) is 27.1. The van der Waals surface area contributed by atoms with Gasteiger partial charge in [-0.2, -0.15) is 0 Å². The van der Waals surface area contributed by atoms with Crippen LogP contribution in [-0.2, 0) is 14.8 Å². The summed E-state index contributed by atoms with van der Waals surface area (Å²) in [4.78, 5) is 32.4. The third kappa shape index (κ3) is 4.99. The molecular weight excluding hydrogens is 342 g/mol. The Kier molecular flexibility index (Phi) is 5.99. The number of benzene rings is 1. The van der Waals surface area contributed by atoms with Crippen molar-refractivity contribution in [3.05, 3.63) is 33.9 Å². The molecule has 11 heteroatoms. The molecule has 0 aliphatic rings. The molecule has 10 nitrogen and oxygen atoms in total. The largest absolute Gasteiger partial charge is 0.480 e. The van der Waals surface area contributed by atoms with Gasteiger partial charge in [0.25, 0.3) is 11.6 Å². The van der Waals surface area contributed by atoms with Crippen LogP contribution >= 0.6 is 0 Å². The van der Waals surface area contributed by atoms with Gasteiger partial charge < -0.3 is 10.4 Å². The Morgan fingerprint density at radius 3 is 2.38 bits per heavy atom. The summed E-state index contributed by atoms with van der Waals surface area (Å²) in [5.74, 6) is -2.13. The van der Waals surface area contributed by atoms with E-state index < -0.39 is 43.4 Å². The standard InChI is InChI=1S/C13H17N3O7S/c1-7(2)5-9(13(18)19)15-12(17)8-3-4-10(16(20)21)11(6-8)24(14,22)23/h3-4,6-7,9H,5H2,1-2H3,(H,15,17)(H,18,19)(H2,14,22,23)/t9-/m1/s1. The SMILES string of the molecule is CC(C)C[C@@H](NC(=O)c1ccc([N+](=O)[O-])c(S(N)(=O)=O)c1)C(=O)O. The number of carboxylic acid groups (broad SMARTS) is 1. The van der Waals surface area contributed by atoms with Crippen LogP contribution in [0.15, 0.2) is 23.1 Å². The Morgan fingerprint density at radius 2 is 1.96 bits per heavy atom. The second kappa shape index (κ2) is 7.36. The van der Waals surface area contributed by atoms with Crippen LogP contribution in [0.3, 0.4) is 0 Å². The van der Waals surface area contributed by atoms with Gasteiger partial charge in [-0.15, -0.1) is 0 Å². The predicted octanol–water partition coefficient (Wildman–Crippen LogP) is 0.471. The molecule has 0 spiro atoms. The van der Waals surface area contributed by atoms with Crippen molar-refractivity contribution >= 4 is 27.6 Å². The van der Waals surface area contributed by atoms with Crippen molar-refractivity contribution in [2.45, 2.75) is 31.2 Å². The van der Waals surface area contributed by atoms with Crippen molar-refractivity contribution in [1.29, 1.82) is 0 Å². The molecule has 1 atom stereocenters. The Bertz CT molecular complexity index is 774. The second-order valence-corrected chi connectivity index (χ2v) is 7.01. The summed E-state index contributed by atoms with van der Waals surface area (Å²) in [6, 6.07) is 1.42. The number of nitrogens with one attached hydrogen (secondary N) is 1. The highest BCUT2D eigenvalue weighted by Gasteiger charge is 2.26. The monoisotopic (exact) mass is 359 g/mol. The summed E-state index contributed by atoms with van der Waals surface area (Å²) in [5.41, 5.74) is -1.02. The van der Waals surface area contributed by atoms with Gasteiger partial charge in [0.1, 0.15) is 6.04 Å². The Hall–Kier alpha value is -2.53. The molecule has 0 fully saturated rings. The molecule has 0 saturated heterocycles. The molecule has 0 radical (unpaired) electrons. The lowest BCUT2D eigenvalue weighted by molar-refractivity contribution is -0.387. The number of carboxylic acids is 1. The van der Waals surface area contributed by atoms with E-state index in [9.17, 15) is 28.1 Å². The number of carbonyl (C=O) groups is 2. The lowest BCUT2D eigenvalue weighted by Gasteiger charge is -2.16. The molecule has 0 bridgehead atoms. The van der Waals surface area contributed by atoms with Gasteiger partial charge in [-0.3, -0.25) is 14.9 Å². The van der Waals surface area contributed by atoms with E-state index in [0.717, 1.165) is 18.2 Å². The zero-order chi connectivity index (χ0) is 18.7. The molecule has 1 aromatic carbocycles. The Balaban J connectivity index is 3.20. The van der Waals surface area contributed by atoms with E-state index in [1.165, 1.54) is 0 Å². The minimum absolute atomic E-state index is 0.0109. The van der Waals surface area contributed by atoms with Crippen LogP contribution in [0.2, 0.25) is 0 Å². The molecule has 132 valence electrons. The maximum Gasteiger partial charge on any atom is 0.326 e. The lowest BCUT2D eigenvalue weighted by Crippen LogP contribution is -2.41. The minimum atomic E-state index is -4.44. The van der Waals surface area contributed by atoms with E-state index in [0.29, 0.717) is 0 Å². The van der Waals surface area contributed by atoms with Crippen LogP contribution in [0.5, 0.6) is 0 Å². The van der Waals surface area contributed by atoms with Gasteiger partial charge in [-0.05, 0) is 24.5 Å². The third-order valence-corrected chi connectivity index (χ3v) is 3.98. The molecule has 1 aromatic rings. The van der Waals surface area contributed by atoms with Crippen LogP contribution in [-0.4, -0.2) is 36.4 Å². The number of nitrogens with zero attached hydrogens (tertiary/aromatic N) is 1. The van der Waals surface area contributed by atoms with Gasteiger partial charge in [-0.25, -0.2) is 18.4 Å². The number of hydrogen-bond donors (Lipinski definition) is 3. The second-order valence-electron chi connectivity index (χ2n) is 5.48. The van der Waals surface area contributed by atoms with Gasteiger partial charge >= 0.3 is 5.97 Å². The molecule has 1 rings (SSSR count). The number of nitro benzene ring substituents is 1. The fraction of sp³-hybridized carbons (Fsp3) is 0.385. The smallest absolute Gasteiger partial charge is 0.326 e. The van der Waals surface area contributed by atoms with Crippen molar-refractivity contribution in [3.8, 4) is 0 Å². The first kappa shape index (κ1) is 19.5. The summed E-state index contributed by atoms with van der Waals surface area (Å²) < 4.78 is 22.9. The number of amides is 1. The number of primary sulfonamides is 1. The molecule has 0 saturated carbocycles. The summed E-state index contributed by atoms with van der Waals surface area (Å²) >= 11 is 0. The topological polar surface area (TPSA) is 170 Å². The molecule has 24 heavy (non-hydrogen) atoms. The Labute approximate surface area is 137 Å². The number of rotatable bonds is 7. The van der Waals surface area contributed by atoms with E-state index in [2.05, 4.69) is 5.32 Å². The number of carbonyl (C=O) groups excluding carboxylic acids is 1. The van der Waals surface area contributed by atoms with Crippen LogP contribution in [0.25, 0.3) is 0 Å². The van der Waals surface area contributed by atoms with Crippen molar-refractivity contribution in [3.63, 3.8) is 0 Å². The van der Waals surface area contributed by atoms with Crippen LogP contribution in [0, 0.1) is 16.0 Å². The maximum absolute atomic E-state index is 12.1. The van der Waals surface area contributed by atoms with E-state index in [1.54, 1.807) is 13.8 Å². The van der Waals surface area contributed by atoms with Crippen molar-refractivity contribution in [1.82, 2.24) is 5.32 Å². The van der Waals surface area contributed by atoms with Gasteiger partial charge in [0.2, 0.25) is 10.0 Å². The number of nitrogens with two attached hydrogens (primary N) is 1. The van der Waals surface area contributed by atoms with E-state index in [1.807, 2.05) is 0 Å². The maximum atomic E-state index is 12.1. The van der Waals surface area contributed by atoms with Gasteiger partial charge in [0.15, 0.2) is 4.90 Å². The fourth-order valence-electron chi connectivity index (χ4n) is 1.97. The quantitative estimate of drug-likeness (QED) is 0.469. The van der Waals surface area contributed by atoms with E-state index in [4.69, 9.17) is 10.2 Å². The number of sulfonamides is 1. The van der Waals surface area contributed by atoms with Crippen molar-refractivity contribution < 1.29 is 28.0 Å². The number of hydrogen-bond acceptors (Lipinski definition) is 6. The zero-order valence-electron chi connectivity index (χ0n) is 12.9. The molecular formula is C13H17N3O7S. The Morgan fingerprint density at radius 1 is 1.38 bits per heavy atom. The highest BCUT2D eigenvalue weighted by Crippen LogP contribution is 2.24. The summed E-state index contributed by atoms with van der Waals surface area (Å²) in [6.07, 6.45) is 0.163. The number of nitro groups is 1. The van der Waals surface area contributed by atoms with Crippen LogP contribution < -0.4 is 10.5 Å². The highest BCUT2D eigenvalue weighted by atomic mass is 32.2. The summed E-state index contributed by atoms with van der Waals surface area (Å²) in [6.45, 7) is 3.54. The minimum Gasteiger partial charge on any atom is -0.480 e. The molecule has 4 N–H and O–H groups in total. The first-order valence-electron chi connectivity index (χ1n) is 6.78. The normalized spacial score (nSPS) is 12.7. The first-order valence-corrected chi connectivity index (χ1v) is 8.33. The van der Waals surface area contributed by atoms with Gasteiger partial charge in [0.05, 0.1) is 4.92 Å². The average Bonchev–Trinajstić information content (AvgIpc) is 2.44. The van der Waals surface area contributed by atoms with Crippen LogP contribution in [0.1, 0.15) is 30.6 Å². The lowest BCUT2D eigenvalue weighted by atomic mass is 10.0. The summed E-state index contributed by atoms with van der Waals surface area (Å²) in [7, 11) is -4.44. The molecule has 0 aromatic heterocycles. The van der Waals surface area contributed by atoms with Crippen LogP contribution in [0.4, 0.5) is 5.69 Å². The average molecular weight is 359 g/mol. The molecule has 0 heterocycles. The van der Waals surface area contributed by atoms with E-state index >= 15 is 0 Å². The van der Waals surface area contributed by atoms with Crippen molar-refractivity contribution in [2.24, 2.45) is 11.1 Å². The fourth-order valence-corrected chi connectivity index (χ4v) is 2.69. The molecule has 1 amide bonds. The molecule has 0 aliphatic carbocycles. The predicted molar refractivity (Wildman–Crippen MR) is 82.8 cm³/mol. The zero-order valence-corrected chi connectivity index (χ0v) is 13.7. The van der Waals surface area contributed by atoms with Gasteiger partial charge in [-0.1, -0.05) is 13.8 Å². The number of aliphatic carboxylic acids is 1. The molecule has 0 aliphatic heterocycles. The van der Waals surface area contributed by atoms with E-state index in [-0.39, 0.29) is 17.9 Å². The van der Waals surface area contributed by atoms with Gasteiger partial charge in [0, 0.05) is 11.6 Å².